The zero-order valence-electron chi connectivity index (χ0n) is 9.63. The van der Waals surface area contributed by atoms with Crippen LogP contribution in [0.1, 0.15) is 24.0 Å². The molecule has 0 saturated heterocycles. The summed E-state index contributed by atoms with van der Waals surface area (Å²) >= 11 is 0. The zero-order chi connectivity index (χ0) is 13.6. The number of alkyl halides is 3. The molecule has 18 heavy (non-hydrogen) atoms. The number of aryl methyl sites for hydroxylation is 1. The fourth-order valence-electron chi connectivity index (χ4n) is 1.51. The van der Waals surface area contributed by atoms with E-state index in [0.29, 0.717) is 19.4 Å². The topological polar surface area (TPSA) is 49.3 Å². The lowest BCUT2D eigenvalue weighted by molar-refractivity contribution is -0.137. The van der Waals surface area contributed by atoms with Gasteiger partial charge in [0.05, 0.1) is 5.56 Å². The summed E-state index contributed by atoms with van der Waals surface area (Å²) < 4.78 is 36.9. The van der Waals surface area contributed by atoms with Crippen molar-refractivity contribution >= 4 is 6.09 Å². The first kappa shape index (κ1) is 14.3. The lowest BCUT2D eigenvalue weighted by Crippen LogP contribution is -2.21. The molecule has 0 aliphatic rings. The van der Waals surface area contributed by atoms with Crippen molar-refractivity contribution in [2.75, 3.05) is 6.54 Å². The molecular weight excluding hydrogens is 247 g/mol. The van der Waals surface area contributed by atoms with Gasteiger partial charge in [0.25, 0.3) is 0 Å². The van der Waals surface area contributed by atoms with E-state index in [1.807, 2.05) is 0 Å². The highest BCUT2D eigenvalue weighted by molar-refractivity contribution is 5.64. The Morgan fingerprint density at radius 2 is 1.78 bits per heavy atom. The number of unbranched alkanes of at least 4 members (excludes halogenated alkanes) is 1. The van der Waals surface area contributed by atoms with Crippen molar-refractivity contribution < 1.29 is 23.1 Å². The maximum absolute atomic E-state index is 12.3. The molecule has 1 aromatic rings. The lowest BCUT2D eigenvalue weighted by Gasteiger charge is -2.07. The van der Waals surface area contributed by atoms with Crippen molar-refractivity contribution in [2.45, 2.75) is 25.4 Å². The number of carbonyl (C=O) groups is 1. The number of carboxylic acid groups (broad SMARTS) is 1. The first-order chi connectivity index (χ1) is 8.39. The summed E-state index contributed by atoms with van der Waals surface area (Å²) in [6.45, 7) is 0.357. The molecule has 0 saturated carbocycles. The van der Waals surface area contributed by atoms with Gasteiger partial charge in [-0.2, -0.15) is 13.2 Å². The van der Waals surface area contributed by atoms with Gasteiger partial charge in [-0.3, -0.25) is 0 Å². The molecule has 0 unspecified atom stereocenters. The van der Waals surface area contributed by atoms with Crippen LogP contribution in [0.15, 0.2) is 24.3 Å². The minimum Gasteiger partial charge on any atom is -0.465 e. The highest BCUT2D eigenvalue weighted by Gasteiger charge is 2.29. The zero-order valence-corrected chi connectivity index (χ0v) is 9.63. The fourth-order valence-corrected chi connectivity index (χ4v) is 1.51. The van der Waals surface area contributed by atoms with Crippen LogP contribution in [0, 0.1) is 0 Å². The van der Waals surface area contributed by atoms with E-state index in [0.717, 1.165) is 24.1 Å². The second-order valence-electron chi connectivity index (χ2n) is 3.88. The molecule has 1 rings (SSSR count). The molecule has 1 amide bonds. The van der Waals surface area contributed by atoms with Crippen LogP contribution in [-0.2, 0) is 12.6 Å². The monoisotopic (exact) mass is 261 g/mol. The van der Waals surface area contributed by atoms with Crippen LogP contribution in [0.4, 0.5) is 18.0 Å². The minimum absolute atomic E-state index is 0.357. The molecule has 6 heteroatoms. The molecule has 0 radical (unpaired) electrons. The molecule has 3 nitrogen and oxygen atoms in total. The van der Waals surface area contributed by atoms with E-state index in [9.17, 15) is 18.0 Å². The molecule has 1 aromatic carbocycles. The maximum Gasteiger partial charge on any atom is 0.416 e. The number of benzene rings is 1. The van der Waals surface area contributed by atoms with Crippen LogP contribution in [0.5, 0.6) is 0 Å². The van der Waals surface area contributed by atoms with Gasteiger partial charge in [0.1, 0.15) is 0 Å². The summed E-state index contributed by atoms with van der Waals surface area (Å²) in [4.78, 5) is 10.1. The van der Waals surface area contributed by atoms with E-state index in [1.165, 1.54) is 12.1 Å². The van der Waals surface area contributed by atoms with Gasteiger partial charge < -0.3 is 10.4 Å². The van der Waals surface area contributed by atoms with Crippen molar-refractivity contribution in [2.24, 2.45) is 0 Å². The van der Waals surface area contributed by atoms with E-state index >= 15 is 0 Å². The van der Waals surface area contributed by atoms with E-state index in [1.54, 1.807) is 0 Å². The van der Waals surface area contributed by atoms with E-state index in [-0.39, 0.29) is 0 Å². The molecule has 0 aliphatic heterocycles. The summed E-state index contributed by atoms with van der Waals surface area (Å²) in [6, 6.07) is 5.02. The normalized spacial score (nSPS) is 11.3. The van der Waals surface area contributed by atoms with E-state index in [2.05, 4.69) is 5.32 Å². The van der Waals surface area contributed by atoms with Crippen LogP contribution in [0.3, 0.4) is 0 Å². The summed E-state index contributed by atoms with van der Waals surface area (Å²) in [6.07, 6.45) is -3.34. The van der Waals surface area contributed by atoms with Gasteiger partial charge in [-0.1, -0.05) is 12.1 Å². The Balaban J connectivity index is 2.33. The fraction of sp³-hybridized carbons (Fsp3) is 0.417. The Hall–Kier alpha value is -1.72. The number of hydrogen-bond donors (Lipinski definition) is 2. The van der Waals surface area contributed by atoms with E-state index < -0.39 is 17.8 Å². The van der Waals surface area contributed by atoms with Gasteiger partial charge in [0.15, 0.2) is 0 Å². The predicted molar refractivity (Wildman–Crippen MR) is 60.4 cm³/mol. The summed E-state index contributed by atoms with van der Waals surface area (Å²) in [5.41, 5.74) is 0.164. The Labute approximate surface area is 103 Å². The standard InChI is InChI=1S/C12H14F3NO2/c13-12(14,15)10-6-4-9(5-7-10)3-1-2-8-16-11(17)18/h4-7,16H,1-3,8H2,(H,17,18). The van der Waals surface area contributed by atoms with Crippen molar-refractivity contribution in [3.8, 4) is 0 Å². The lowest BCUT2D eigenvalue weighted by atomic mass is 10.1. The molecule has 0 spiro atoms. The highest BCUT2D eigenvalue weighted by Crippen LogP contribution is 2.29. The number of nitrogens with one attached hydrogen (secondary N) is 1. The van der Waals surface area contributed by atoms with Crippen molar-refractivity contribution in [3.63, 3.8) is 0 Å². The summed E-state index contributed by atoms with van der Waals surface area (Å²) in [7, 11) is 0. The Morgan fingerprint density at radius 1 is 1.17 bits per heavy atom. The predicted octanol–water partition coefficient (Wildman–Crippen LogP) is 3.30. The average molecular weight is 261 g/mol. The third-order valence-electron chi connectivity index (χ3n) is 2.45. The maximum atomic E-state index is 12.3. The summed E-state index contributed by atoms with van der Waals surface area (Å²) in [5, 5.41) is 10.5. The Kier molecular flexibility index (Phi) is 5.00. The number of rotatable bonds is 5. The average Bonchev–Trinajstić information content (AvgIpc) is 2.27. The number of amides is 1. The van der Waals surface area contributed by atoms with E-state index in [4.69, 9.17) is 5.11 Å². The molecule has 100 valence electrons. The molecular formula is C12H14F3NO2. The van der Waals surface area contributed by atoms with Crippen molar-refractivity contribution in [3.05, 3.63) is 35.4 Å². The molecule has 2 N–H and O–H groups in total. The van der Waals surface area contributed by atoms with Crippen LogP contribution in [0.25, 0.3) is 0 Å². The SMILES string of the molecule is O=C(O)NCCCCc1ccc(C(F)(F)F)cc1. The van der Waals surface area contributed by atoms with Crippen LogP contribution in [0.2, 0.25) is 0 Å². The summed E-state index contributed by atoms with van der Waals surface area (Å²) in [5.74, 6) is 0. The van der Waals surface area contributed by atoms with Gasteiger partial charge in [-0.25, -0.2) is 4.79 Å². The molecule has 0 aliphatic carbocycles. The van der Waals surface area contributed by atoms with Crippen molar-refractivity contribution in [1.29, 1.82) is 0 Å². The molecule has 0 fully saturated rings. The second-order valence-corrected chi connectivity index (χ2v) is 3.88. The van der Waals surface area contributed by atoms with Crippen LogP contribution >= 0.6 is 0 Å². The van der Waals surface area contributed by atoms with Crippen LogP contribution in [-0.4, -0.2) is 17.7 Å². The Morgan fingerprint density at radius 3 is 2.28 bits per heavy atom. The largest absolute Gasteiger partial charge is 0.465 e. The number of halogens is 3. The third-order valence-corrected chi connectivity index (χ3v) is 2.45. The third kappa shape index (κ3) is 5.07. The molecule has 0 heterocycles. The highest BCUT2D eigenvalue weighted by atomic mass is 19.4. The quantitative estimate of drug-likeness (QED) is 0.799. The van der Waals surface area contributed by atoms with Gasteiger partial charge in [-0.15, -0.1) is 0 Å². The van der Waals surface area contributed by atoms with Gasteiger partial charge in [-0.05, 0) is 37.0 Å². The second kappa shape index (κ2) is 6.28. The minimum atomic E-state index is -4.30. The first-order valence-corrected chi connectivity index (χ1v) is 5.52. The Bertz CT molecular complexity index is 387. The molecule has 0 bridgehead atoms. The smallest absolute Gasteiger partial charge is 0.416 e. The van der Waals surface area contributed by atoms with Gasteiger partial charge in [0.2, 0.25) is 0 Å². The number of hydrogen-bond acceptors (Lipinski definition) is 1. The van der Waals surface area contributed by atoms with Crippen molar-refractivity contribution in [1.82, 2.24) is 5.32 Å². The molecule has 0 aromatic heterocycles. The first-order valence-electron chi connectivity index (χ1n) is 5.52. The van der Waals surface area contributed by atoms with Gasteiger partial charge >= 0.3 is 12.3 Å². The van der Waals surface area contributed by atoms with Gasteiger partial charge in [0, 0.05) is 6.54 Å². The van der Waals surface area contributed by atoms with Crippen LogP contribution < -0.4 is 5.32 Å². The molecule has 0 atom stereocenters.